The molecule has 7 nitrogen and oxygen atoms in total. The third-order valence-corrected chi connectivity index (χ3v) is 2.95. The van der Waals surface area contributed by atoms with Crippen LogP contribution in [-0.4, -0.2) is 46.8 Å². The lowest BCUT2D eigenvalue weighted by Crippen LogP contribution is -2.55. The summed E-state index contributed by atoms with van der Waals surface area (Å²) in [4.78, 5) is 35.7. The Balaban J connectivity index is 5.27. The molecule has 0 aromatic carbocycles. The molecule has 2 N–H and O–H groups in total. The van der Waals surface area contributed by atoms with Crippen LogP contribution in [0.25, 0.3) is 0 Å². The lowest BCUT2D eigenvalue weighted by Gasteiger charge is -2.31. The fourth-order valence-electron chi connectivity index (χ4n) is 1.81. The van der Waals surface area contributed by atoms with E-state index < -0.39 is 41.5 Å². The summed E-state index contributed by atoms with van der Waals surface area (Å²) in [6, 6.07) is -1.04. The SMILES string of the molecule is CCOC(=O)CC(=O)[C@](C)(O)[C@H](C=C(C)C)NC(=O)OC(C)(C)C. The molecule has 0 aromatic rings. The molecule has 138 valence electrons. The van der Waals surface area contributed by atoms with Crippen LogP contribution in [0.3, 0.4) is 0 Å². The van der Waals surface area contributed by atoms with E-state index in [1.165, 1.54) is 13.0 Å². The number of allylic oxidation sites excluding steroid dienone is 1. The first-order valence-electron chi connectivity index (χ1n) is 7.85. The van der Waals surface area contributed by atoms with Crippen molar-refractivity contribution in [1.82, 2.24) is 5.32 Å². The Bertz CT molecular complexity index is 498. The molecule has 1 amide bonds. The van der Waals surface area contributed by atoms with Gasteiger partial charge in [-0.2, -0.15) is 0 Å². The number of rotatable bonds is 7. The number of carbonyl (C=O) groups is 3. The number of aliphatic hydroxyl groups is 1. The van der Waals surface area contributed by atoms with Crippen molar-refractivity contribution in [2.75, 3.05) is 6.61 Å². The van der Waals surface area contributed by atoms with Gasteiger partial charge in [0.25, 0.3) is 0 Å². The van der Waals surface area contributed by atoms with Crippen molar-refractivity contribution in [2.45, 2.75) is 72.1 Å². The minimum Gasteiger partial charge on any atom is -0.466 e. The largest absolute Gasteiger partial charge is 0.466 e. The van der Waals surface area contributed by atoms with Crippen LogP contribution < -0.4 is 5.32 Å². The first-order valence-corrected chi connectivity index (χ1v) is 7.85. The maximum Gasteiger partial charge on any atom is 0.408 e. The maximum absolute atomic E-state index is 12.3. The van der Waals surface area contributed by atoms with E-state index in [1.54, 1.807) is 41.5 Å². The molecule has 0 unspecified atom stereocenters. The summed E-state index contributed by atoms with van der Waals surface area (Å²) >= 11 is 0. The predicted octanol–water partition coefficient (Wildman–Crippen LogP) is 2.12. The molecule has 0 rings (SSSR count). The van der Waals surface area contributed by atoms with Crippen molar-refractivity contribution in [3.63, 3.8) is 0 Å². The molecule has 0 radical (unpaired) electrons. The smallest absolute Gasteiger partial charge is 0.408 e. The van der Waals surface area contributed by atoms with Gasteiger partial charge >= 0.3 is 12.1 Å². The van der Waals surface area contributed by atoms with Gasteiger partial charge < -0.3 is 19.9 Å². The number of nitrogens with one attached hydrogen (secondary N) is 1. The number of hydrogen-bond donors (Lipinski definition) is 2. The van der Waals surface area contributed by atoms with E-state index in [2.05, 4.69) is 5.32 Å². The maximum atomic E-state index is 12.3. The quantitative estimate of drug-likeness (QED) is 0.417. The van der Waals surface area contributed by atoms with Crippen LogP contribution in [0.15, 0.2) is 11.6 Å². The Hall–Kier alpha value is -1.89. The zero-order valence-corrected chi connectivity index (χ0v) is 15.6. The van der Waals surface area contributed by atoms with Gasteiger partial charge in [0.05, 0.1) is 12.6 Å². The lowest BCUT2D eigenvalue weighted by molar-refractivity contribution is -0.150. The number of Topliss-reactive ketones (excluding diaryl/α,β-unsaturated/α-hetero) is 1. The zero-order valence-electron chi connectivity index (χ0n) is 15.6. The third kappa shape index (κ3) is 8.10. The molecule has 0 aromatic heterocycles. The fraction of sp³-hybridized carbons (Fsp3) is 0.706. The van der Waals surface area contributed by atoms with E-state index in [-0.39, 0.29) is 6.61 Å². The molecule has 0 saturated heterocycles. The summed E-state index contributed by atoms with van der Waals surface area (Å²) in [6.07, 6.45) is 0.186. The summed E-state index contributed by atoms with van der Waals surface area (Å²) in [7, 11) is 0. The highest BCUT2D eigenvalue weighted by atomic mass is 16.6. The Morgan fingerprint density at radius 1 is 1.17 bits per heavy atom. The van der Waals surface area contributed by atoms with E-state index in [4.69, 9.17) is 9.47 Å². The van der Waals surface area contributed by atoms with Gasteiger partial charge in [0.2, 0.25) is 0 Å². The van der Waals surface area contributed by atoms with Crippen LogP contribution in [0, 0.1) is 0 Å². The summed E-state index contributed by atoms with van der Waals surface area (Å²) in [5.41, 5.74) is -1.93. The average Bonchev–Trinajstić information content (AvgIpc) is 2.34. The minimum absolute atomic E-state index is 0.141. The van der Waals surface area contributed by atoms with E-state index in [1.807, 2.05) is 0 Å². The summed E-state index contributed by atoms with van der Waals surface area (Å²) < 4.78 is 9.87. The van der Waals surface area contributed by atoms with E-state index in [0.717, 1.165) is 5.57 Å². The van der Waals surface area contributed by atoms with Crippen molar-refractivity contribution >= 4 is 17.8 Å². The highest BCUT2D eigenvalue weighted by molar-refractivity contribution is 6.00. The van der Waals surface area contributed by atoms with Crippen LogP contribution in [0.1, 0.15) is 54.9 Å². The van der Waals surface area contributed by atoms with Gasteiger partial charge in [-0.05, 0) is 48.5 Å². The lowest BCUT2D eigenvalue weighted by atomic mass is 9.88. The number of hydrogen-bond acceptors (Lipinski definition) is 6. The molecule has 0 fully saturated rings. The van der Waals surface area contributed by atoms with E-state index in [9.17, 15) is 19.5 Å². The number of ketones is 1. The van der Waals surface area contributed by atoms with Crippen LogP contribution in [0.5, 0.6) is 0 Å². The van der Waals surface area contributed by atoms with Crippen molar-refractivity contribution in [3.8, 4) is 0 Å². The van der Waals surface area contributed by atoms with E-state index >= 15 is 0 Å². The first-order chi connectivity index (χ1) is 10.8. The highest BCUT2D eigenvalue weighted by Crippen LogP contribution is 2.18. The van der Waals surface area contributed by atoms with Crippen LogP contribution in [-0.2, 0) is 19.1 Å². The molecule has 0 aliphatic heterocycles. The van der Waals surface area contributed by atoms with Gasteiger partial charge in [-0.25, -0.2) is 4.79 Å². The standard InChI is InChI=1S/C17H29NO6/c1-8-23-14(20)10-13(19)17(7,22)12(9-11(2)3)18-15(21)24-16(4,5)6/h9,12,22H,8,10H2,1-7H3,(H,18,21)/t12-,17+/m0/s1. The summed E-state index contributed by atoms with van der Waals surface area (Å²) in [6.45, 7) is 11.6. The second-order valence-corrected chi connectivity index (χ2v) is 6.92. The molecule has 24 heavy (non-hydrogen) atoms. The van der Waals surface area contributed by atoms with Gasteiger partial charge in [-0.3, -0.25) is 9.59 Å². The Morgan fingerprint density at radius 3 is 2.12 bits per heavy atom. The topological polar surface area (TPSA) is 102 Å². The fourth-order valence-corrected chi connectivity index (χ4v) is 1.81. The van der Waals surface area contributed by atoms with Gasteiger partial charge in [0.15, 0.2) is 5.78 Å². The predicted molar refractivity (Wildman–Crippen MR) is 89.5 cm³/mol. The van der Waals surface area contributed by atoms with Crippen molar-refractivity contribution in [1.29, 1.82) is 0 Å². The molecule has 0 heterocycles. The van der Waals surface area contributed by atoms with Gasteiger partial charge in [-0.1, -0.05) is 11.6 Å². The third-order valence-electron chi connectivity index (χ3n) is 2.95. The first kappa shape index (κ1) is 22.1. The highest BCUT2D eigenvalue weighted by Gasteiger charge is 2.40. The van der Waals surface area contributed by atoms with Crippen molar-refractivity contribution < 1.29 is 29.0 Å². The molecule has 7 heteroatoms. The molecular formula is C17H29NO6. The zero-order chi connectivity index (χ0) is 19.1. The van der Waals surface area contributed by atoms with Crippen molar-refractivity contribution in [3.05, 3.63) is 11.6 Å². The molecule has 0 bridgehead atoms. The number of carbonyl (C=O) groups excluding carboxylic acids is 3. The average molecular weight is 343 g/mol. The minimum atomic E-state index is -1.99. The number of alkyl carbamates (subject to hydrolysis) is 1. The number of esters is 1. The van der Waals surface area contributed by atoms with Gasteiger partial charge in [-0.15, -0.1) is 0 Å². The van der Waals surface area contributed by atoms with Crippen LogP contribution >= 0.6 is 0 Å². The molecule has 0 aliphatic carbocycles. The second-order valence-electron chi connectivity index (χ2n) is 6.92. The summed E-state index contributed by atoms with van der Waals surface area (Å²) in [5, 5.41) is 13.1. The Kier molecular flexibility index (Phi) is 8.13. The Morgan fingerprint density at radius 2 is 1.71 bits per heavy atom. The second kappa shape index (κ2) is 8.82. The van der Waals surface area contributed by atoms with E-state index in [0.29, 0.717) is 0 Å². The number of amides is 1. The molecular weight excluding hydrogens is 314 g/mol. The summed E-state index contributed by atoms with van der Waals surface area (Å²) in [5.74, 6) is -1.48. The normalized spacial score (nSPS) is 14.8. The monoisotopic (exact) mass is 343 g/mol. The molecule has 0 spiro atoms. The number of ether oxygens (including phenoxy) is 2. The Labute approximate surface area is 143 Å². The van der Waals surface area contributed by atoms with Crippen molar-refractivity contribution in [2.24, 2.45) is 0 Å². The van der Waals surface area contributed by atoms with Gasteiger partial charge in [0, 0.05) is 0 Å². The molecule has 0 saturated carbocycles. The van der Waals surface area contributed by atoms with Crippen LogP contribution in [0.2, 0.25) is 0 Å². The molecule has 2 atom stereocenters. The van der Waals surface area contributed by atoms with Gasteiger partial charge in [0.1, 0.15) is 17.6 Å². The molecule has 0 aliphatic rings. The van der Waals surface area contributed by atoms with Crippen LogP contribution in [0.4, 0.5) is 4.79 Å².